The summed E-state index contributed by atoms with van der Waals surface area (Å²) in [6.07, 6.45) is 0. The number of rotatable bonds is 7. The summed E-state index contributed by atoms with van der Waals surface area (Å²) in [4.78, 5) is 37.2. The van der Waals surface area contributed by atoms with E-state index in [-0.39, 0.29) is 30.2 Å². The van der Waals surface area contributed by atoms with Crippen LogP contribution in [0.1, 0.15) is 24.2 Å². The van der Waals surface area contributed by atoms with E-state index in [0.717, 1.165) is 0 Å². The number of nitrogens with zero attached hydrogens (tertiary/aromatic N) is 1. The molecule has 0 aliphatic carbocycles. The first-order valence-corrected chi connectivity index (χ1v) is 8.91. The van der Waals surface area contributed by atoms with Crippen molar-refractivity contribution in [2.75, 3.05) is 31.3 Å². The molecule has 2 rings (SSSR count). The Bertz CT molecular complexity index is 845. The fourth-order valence-corrected chi connectivity index (χ4v) is 2.13. The second-order valence-electron chi connectivity index (χ2n) is 6.78. The van der Waals surface area contributed by atoms with Gasteiger partial charge in [0.05, 0.1) is 0 Å². The number of carbonyl (C=O) groups excluding carboxylic acids is 3. The minimum Gasteiger partial charge on any atom is -0.484 e. The molecule has 0 aliphatic heterocycles. The Labute approximate surface area is 164 Å². The van der Waals surface area contributed by atoms with Crippen molar-refractivity contribution in [2.24, 2.45) is 5.92 Å². The van der Waals surface area contributed by atoms with E-state index in [4.69, 9.17) is 4.74 Å². The van der Waals surface area contributed by atoms with Crippen LogP contribution in [0.25, 0.3) is 0 Å². The molecular weight excluding hydrogens is 358 g/mol. The van der Waals surface area contributed by atoms with Gasteiger partial charge in [-0.1, -0.05) is 19.9 Å². The third-order valence-electron chi connectivity index (χ3n) is 3.89. The van der Waals surface area contributed by atoms with Crippen molar-refractivity contribution in [1.82, 2.24) is 4.90 Å². The molecule has 2 aromatic rings. The molecule has 3 amide bonds. The predicted molar refractivity (Wildman–Crippen MR) is 108 cm³/mol. The highest BCUT2D eigenvalue weighted by Gasteiger charge is 2.10. The standard InChI is InChI=1S/C21H25N3O4/c1-14(2)20(26)22-16-8-10-17(11-9-16)23-21(27)15-6-5-7-18(12-15)28-13-19(25)24(3)4/h5-12,14H,13H2,1-4H3,(H,22,26)(H,23,27). The first-order valence-electron chi connectivity index (χ1n) is 8.91. The zero-order valence-electron chi connectivity index (χ0n) is 16.5. The first kappa shape index (κ1) is 21.0. The van der Waals surface area contributed by atoms with Gasteiger partial charge in [0.15, 0.2) is 6.61 Å². The van der Waals surface area contributed by atoms with Crippen molar-refractivity contribution in [1.29, 1.82) is 0 Å². The number of amides is 3. The van der Waals surface area contributed by atoms with Crippen molar-refractivity contribution in [3.05, 3.63) is 54.1 Å². The average Bonchev–Trinajstić information content (AvgIpc) is 2.67. The first-order chi connectivity index (χ1) is 13.3. The normalized spacial score (nSPS) is 10.3. The van der Waals surface area contributed by atoms with E-state index in [2.05, 4.69) is 10.6 Å². The summed E-state index contributed by atoms with van der Waals surface area (Å²) in [5, 5.41) is 5.58. The number of benzene rings is 2. The summed E-state index contributed by atoms with van der Waals surface area (Å²) < 4.78 is 5.43. The molecule has 0 atom stereocenters. The van der Waals surface area contributed by atoms with Crippen molar-refractivity contribution in [3.8, 4) is 5.75 Å². The molecule has 0 saturated carbocycles. The van der Waals surface area contributed by atoms with Crippen LogP contribution in [-0.2, 0) is 9.59 Å². The fraction of sp³-hybridized carbons (Fsp3) is 0.286. The number of likely N-dealkylation sites (N-methyl/N-ethyl adjacent to an activating group) is 1. The molecule has 0 aromatic heterocycles. The van der Waals surface area contributed by atoms with Crippen molar-refractivity contribution < 1.29 is 19.1 Å². The van der Waals surface area contributed by atoms with E-state index in [1.165, 1.54) is 4.90 Å². The highest BCUT2D eigenvalue weighted by atomic mass is 16.5. The smallest absolute Gasteiger partial charge is 0.259 e. The maximum Gasteiger partial charge on any atom is 0.259 e. The van der Waals surface area contributed by atoms with Gasteiger partial charge in [0, 0.05) is 37.0 Å². The largest absolute Gasteiger partial charge is 0.484 e. The minimum absolute atomic E-state index is 0.0682. The van der Waals surface area contributed by atoms with Crippen molar-refractivity contribution in [3.63, 3.8) is 0 Å². The molecule has 7 heteroatoms. The van der Waals surface area contributed by atoms with E-state index < -0.39 is 0 Å². The van der Waals surface area contributed by atoms with Crippen LogP contribution in [0.2, 0.25) is 0 Å². The highest BCUT2D eigenvalue weighted by molar-refractivity contribution is 6.04. The van der Waals surface area contributed by atoms with Crippen molar-refractivity contribution in [2.45, 2.75) is 13.8 Å². The van der Waals surface area contributed by atoms with E-state index in [9.17, 15) is 14.4 Å². The number of anilines is 2. The quantitative estimate of drug-likeness (QED) is 0.769. The second-order valence-corrected chi connectivity index (χ2v) is 6.78. The second kappa shape index (κ2) is 9.55. The van der Waals surface area contributed by atoms with Gasteiger partial charge in [-0.25, -0.2) is 0 Å². The maximum absolute atomic E-state index is 12.5. The molecule has 0 fully saturated rings. The van der Waals surface area contributed by atoms with Gasteiger partial charge in [-0.05, 0) is 42.5 Å². The van der Waals surface area contributed by atoms with Crippen LogP contribution in [0.5, 0.6) is 5.75 Å². The minimum atomic E-state index is -0.302. The molecule has 0 saturated heterocycles. The lowest BCUT2D eigenvalue weighted by Gasteiger charge is -2.12. The zero-order valence-corrected chi connectivity index (χ0v) is 16.5. The molecular formula is C21H25N3O4. The van der Waals surface area contributed by atoms with Crippen LogP contribution in [0.15, 0.2) is 48.5 Å². The summed E-state index contributed by atoms with van der Waals surface area (Å²) in [5.41, 5.74) is 1.67. The van der Waals surface area contributed by atoms with Crippen LogP contribution >= 0.6 is 0 Å². The summed E-state index contributed by atoms with van der Waals surface area (Å²) in [6, 6.07) is 13.5. The van der Waals surface area contributed by atoms with Gasteiger partial charge in [-0.3, -0.25) is 14.4 Å². The monoisotopic (exact) mass is 383 g/mol. The Morgan fingerprint density at radius 3 is 2.14 bits per heavy atom. The van der Waals surface area contributed by atoms with Crippen LogP contribution < -0.4 is 15.4 Å². The summed E-state index contributed by atoms with van der Waals surface area (Å²) >= 11 is 0. The fourth-order valence-electron chi connectivity index (χ4n) is 2.13. The summed E-state index contributed by atoms with van der Waals surface area (Å²) in [6.45, 7) is 3.54. The Balaban J connectivity index is 1.98. The van der Waals surface area contributed by atoms with Crippen LogP contribution in [0.3, 0.4) is 0 Å². The van der Waals surface area contributed by atoms with Crippen LogP contribution in [0.4, 0.5) is 11.4 Å². The van der Waals surface area contributed by atoms with Gasteiger partial charge in [-0.15, -0.1) is 0 Å². The van der Waals surface area contributed by atoms with Crippen LogP contribution in [0, 0.1) is 5.92 Å². The molecule has 2 N–H and O–H groups in total. The van der Waals surface area contributed by atoms with Gasteiger partial charge in [0.2, 0.25) is 5.91 Å². The molecule has 28 heavy (non-hydrogen) atoms. The number of carbonyl (C=O) groups is 3. The van der Waals surface area contributed by atoms with Gasteiger partial charge >= 0.3 is 0 Å². The van der Waals surface area contributed by atoms with Gasteiger partial charge in [-0.2, -0.15) is 0 Å². The average molecular weight is 383 g/mol. The molecule has 0 spiro atoms. The SMILES string of the molecule is CC(C)C(=O)Nc1ccc(NC(=O)c2cccc(OCC(=O)N(C)C)c2)cc1. The third-order valence-corrected chi connectivity index (χ3v) is 3.89. The molecule has 148 valence electrons. The van der Waals surface area contributed by atoms with Gasteiger partial charge < -0.3 is 20.3 Å². The summed E-state index contributed by atoms with van der Waals surface area (Å²) in [7, 11) is 3.30. The Morgan fingerprint density at radius 2 is 1.57 bits per heavy atom. The number of nitrogens with one attached hydrogen (secondary N) is 2. The van der Waals surface area contributed by atoms with E-state index in [1.54, 1.807) is 62.6 Å². The van der Waals surface area contributed by atoms with Crippen molar-refractivity contribution >= 4 is 29.1 Å². The van der Waals surface area contributed by atoms with E-state index >= 15 is 0 Å². The molecule has 2 aromatic carbocycles. The third kappa shape index (κ3) is 6.12. The highest BCUT2D eigenvalue weighted by Crippen LogP contribution is 2.18. The molecule has 0 radical (unpaired) electrons. The predicted octanol–water partition coefficient (Wildman–Crippen LogP) is 3.00. The molecule has 7 nitrogen and oxygen atoms in total. The Kier molecular flexibility index (Phi) is 7.14. The topological polar surface area (TPSA) is 87.7 Å². The molecule has 0 aliphatic rings. The zero-order chi connectivity index (χ0) is 20.7. The number of ether oxygens (including phenoxy) is 1. The Morgan fingerprint density at radius 1 is 0.964 bits per heavy atom. The number of hydrogen-bond acceptors (Lipinski definition) is 4. The Hall–Kier alpha value is -3.35. The molecule has 0 heterocycles. The molecule has 0 unspecified atom stereocenters. The van der Waals surface area contributed by atoms with Crippen LogP contribution in [-0.4, -0.2) is 43.3 Å². The molecule has 0 bridgehead atoms. The maximum atomic E-state index is 12.5. The van der Waals surface area contributed by atoms with E-state index in [1.807, 2.05) is 13.8 Å². The van der Waals surface area contributed by atoms with Gasteiger partial charge in [0.25, 0.3) is 11.8 Å². The summed E-state index contributed by atoms with van der Waals surface area (Å²) in [5.74, 6) is -0.208. The lowest BCUT2D eigenvalue weighted by Crippen LogP contribution is -2.27. The lowest BCUT2D eigenvalue weighted by atomic mass is 10.2. The lowest BCUT2D eigenvalue weighted by molar-refractivity contribution is -0.130. The van der Waals surface area contributed by atoms with Gasteiger partial charge in [0.1, 0.15) is 5.75 Å². The van der Waals surface area contributed by atoms with E-state index in [0.29, 0.717) is 22.7 Å². The number of hydrogen-bond donors (Lipinski definition) is 2.